The molecule has 3 heteroatoms. The Kier molecular flexibility index (Phi) is 9.84. The average Bonchev–Trinajstić information content (AvgIpc) is 1.72. The Morgan fingerprint density at radius 2 is 2.00 bits per heavy atom. The van der Waals surface area contributed by atoms with Crippen LogP contribution in [-0.2, 0) is 17.1 Å². The van der Waals surface area contributed by atoms with Crippen LogP contribution in [0.4, 0.5) is 0 Å². The molecular weight excluding hydrogens is 209 g/mol. The van der Waals surface area contributed by atoms with Crippen LogP contribution in [0.1, 0.15) is 0 Å². The maximum atomic E-state index is 3.66. The van der Waals surface area contributed by atoms with Gasteiger partial charge in [-0.1, -0.05) is 6.07 Å². The summed E-state index contributed by atoms with van der Waals surface area (Å²) < 4.78 is 0. The van der Waals surface area contributed by atoms with Gasteiger partial charge in [0.2, 0.25) is 0 Å². The molecule has 0 spiro atoms. The van der Waals surface area contributed by atoms with Gasteiger partial charge in [0.15, 0.2) is 0 Å². The first-order valence-corrected chi connectivity index (χ1v) is 1.77. The minimum absolute atomic E-state index is 0. The van der Waals surface area contributed by atoms with Crippen LogP contribution in [0, 0.1) is 6.20 Å². The van der Waals surface area contributed by atoms with Crippen molar-refractivity contribution in [2.75, 3.05) is 0 Å². The Balaban J connectivity index is 0. The molecule has 1 aromatic heterocycles. The first-order valence-electron chi connectivity index (χ1n) is 1.77. The fraction of sp³-hybridized carbons (Fsp3) is 0. The topological polar surface area (TPSA) is 12.9 Å². The minimum Gasteiger partial charge on any atom is -1.00 e. The fourth-order valence-corrected chi connectivity index (χ4v) is 0.277. The standard InChI is InChI=1S/C5H4N.BrH.Mn/c1-2-4-6-5-3-1;;/h1-4H;1H;/p-1. The summed E-state index contributed by atoms with van der Waals surface area (Å²) in [5.41, 5.74) is 0. The third-order valence-corrected chi connectivity index (χ3v) is 0.517. The second kappa shape index (κ2) is 7.15. The third kappa shape index (κ3) is 4.31. The van der Waals surface area contributed by atoms with Crippen molar-refractivity contribution >= 4 is 0 Å². The van der Waals surface area contributed by atoms with Gasteiger partial charge in [-0.3, -0.25) is 4.98 Å². The van der Waals surface area contributed by atoms with Crippen LogP contribution in [-0.4, -0.2) is 4.98 Å². The summed E-state index contributed by atoms with van der Waals surface area (Å²) >= 11 is 0. The molecule has 0 aliphatic carbocycles. The second-order valence-electron chi connectivity index (χ2n) is 0.959. The van der Waals surface area contributed by atoms with Crippen molar-refractivity contribution in [1.29, 1.82) is 0 Å². The number of pyridine rings is 1. The van der Waals surface area contributed by atoms with Crippen LogP contribution in [0.2, 0.25) is 0 Å². The molecule has 0 N–H and O–H groups in total. The summed E-state index contributed by atoms with van der Waals surface area (Å²) in [6.07, 6.45) is 4.34. The zero-order chi connectivity index (χ0) is 4.24. The molecule has 44 valence electrons. The molecule has 0 fully saturated rings. The molecule has 1 nitrogen and oxygen atoms in total. The van der Waals surface area contributed by atoms with Crippen molar-refractivity contribution < 1.29 is 34.1 Å². The van der Waals surface area contributed by atoms with E-state index in [0.29, 0.717) is 0 Å². The van der Waals surface area contributed by atoms with E-state index in [1.165, 1.54) is 0 Å². The van der Waals surface area contributed by atoms with Crippen LogP contribution in [0.3, 0.4) is 0 Å². The largest absolute Gasteiger partial charge is 1.00 e. The first-order chi connectivity index (χ1) is 3.00. The Bertz CT molecular complexity index is 84.4. The van der Waals surface area contributed by atoms with Gasteiger partial charge < -0.3 is 17.0 Å². The van der Waals surface area contributed by atoms with E-state index >= 15 is 0 Å². The van der Waals surface area contributed by atoms with Crippen LogP contribution >= 0.6 is 0 Å². The van der Waals surface area contributed by atoms with Gasteiger partial charge in [0.25, 0.3) is 0 Å². The maximum absolute atomic E-state index is 3.66. The van der Waals surface area contributed by atoms with Crippen LogP contribution < -0.4 is 17.0 Å². The van der Waals surface area contributed by atoms with Crippen LogP contribution in [0.5, 0.6) is 0 Å². The van der Waals surface area contributed by atoms with E-state index in [9.17, 15) is 0 Å². The molecule has 0 aliphatic rings. The van der Waals surface area contributed by atoms with Gasteiger partial charge in [0, 0.05) is 23.3 Å². The van der Waals surface area contributed by atoms with Crippen molar-refractivity contribution in [2.45, 2.75) is 0 Å². The molecule has 0 aromatic carbocycles. The van der Waals surface area contributed by atoms with E-state index < -0.39 is 0 Å². The van der Waals surface area contributed by atoms with Crippen molar-refractivity contribution in [3.05, 3.63) is 30.6 Å². The van der Waals surface area contributed by atoms with E-state index in [2.05, 4.69) is 11.2 Å². The summed E-state index contributed by atoms with van der Waals surface area (Å²) in [7, 11) is 0. The molecule has 0 saturated heterocycles. The Morgan fingerprint density at radius 3 is 2.12 bits per heavy atom. The van der Waals surface area contributed by atoms with Crippen molar-refractivity contribution in [2.24, 2.45) is 0 Å². The number of halogens is 1. The first kappa shape index (κ1) is 11.0. The van der Waals surface area contributed by atoms with Gasteiger partial charge in [-0.15, -0.1) is 0 Å². The third-order valence-electron chi connectivity index (χ3n) is 0.517. The molecule has 8 heavy (non-hydrogen) atoms. The summed E-state index contributed by atoms with van der Waals surface area (Å²) in [6.45, 7) is 0. The number of hydrogen-bond acceptors (Lipinski definition) is 1. The summed E-state index contributed by atoms with van der Waals surface area (Å²) in [6, 6.07) is 5.50. The SMILES string of the molecule is [Br-].[Mn].[c]1ccccn1. The molecule has 0 unspecified atom stereocenters. The predicted octanol–water partition coefficient (Wildman–Crippen LogP) is -2.12. The Labute approximate surface area is 69.8 Å². The number of hydrogen-bond donors (Lipinski definition) is 0. The van der Waals surface area contributed by atoms with Crippen molar-refractivity contribution in [3.8, 4) is 0 Å². The molecule has 2 radical (unpaired) electrons. The van der Waals surface area contributed by atoms with Gasteiger partial charge in [-0.25, -0.2) is 0 Å². The van der Waals surface area contributed by atoms with Crippen LogP contribution in [0.25, 0.3) is 0 Å². The number of nitrogens with zero attached hydrogens (tertiary/aromatic N) is 1. The van der Waals surface area contributed by atoms with E-state index in [1.807, 2.05) is 12.1 Å². The number of rotatable bonds is 0. The molecule has 0 bridgehead atoms. The zero-order valence-corrected chi connectivity index (χ0v) is 6.78. The van der Waals surface area contributed by atoms with Crippen molar-refractivity contribution in [3.63, 3.8) is 0 Å². The van der Waals surface area contributed by atoms with Gasteiger partial charge in [-0.05, 0) is 12.1 Å². The minimum atomic E-state index is 0. The van der Waals surface area contributed by atoms with Gasteiger partial charge in [-0.2, -0.15) is 0 Å². The molecule has 1 aromatic rings. The Morgan fingerprint density at radius 1 is 1.25 bits per heavy atom. The van der Waals surface area contributed by atoms with Gasteiger partial charge in [0.1, 0.15) is 0 Å². The summed E-state index contributed by atoms with van der Waals surface area (Å²) in [5.74, 6) is 0. The molecular formula is C5H4BrMnN-. The number of aromatic nitrogens is 1. The quantitative estimate of drug-likeness (QED) is 0.449. The Hall–Kier alpha value is 0.149. The molecule has 0 atom stereocenters. The maximum Gasteiger partial charge on any atom is 0.0886 e. The molecule has 1 heterocycles. The normalized spacial score (nSPS) is 6.00. The molecule has 0 amide bonds. The average molecular weight is 213 g/mol. The molecule has 0 aliphatic heterocycles. The molecule has 1 rings (SSSR count). The van der Waals surface area contributed by atoms with E-state index in [1.54, 1.807) is 12.3 Å². The van der Waals surface area contributed by atoms with Gasteiger partial charge >= 0.3 is 0 Å². The summed E-state index contributed by atoms with van der Waals surface area (Å²) in [5, 5.41) is 0. The van der Waals surface area contributed by atoms with E-state index in [0.717, 1.165) is 0 Å². The van der Waals surface area contributed by atoms with Crippen molar-refractivity contribution in [1.82, 2.24) is 4.98 Å². The van der Waals surface area contributed by atoms with Gasteiger partial charge in [0.05, 0.1) is 6.20 Å². The smallest absolute Gasteiger partial charge is 0.0886 e. The summed E-state index contributed by atoms with van der Waals surface area (Å²) in [4.78, 5) is 3.66. The van der Waals surface area contributed by atoms with E-state index in [4.69, 9.17) is 0 Å². The molecule has 0 saturated carbocycles. The monoisotopic (exact) mass is 212 g/mol. The zero-order valence-electron chi connectivity index (χ0n) is 4.01. The van der Waals surface area contributed by atoms with E-state index in [-0.39, 0.29) is 34.1 Å². The van der Waals surface area contributed by atoms with Crippen LogP contribution in [0.15, 0.2) is 24.4 Å². The fourth-order valence-electron chi connectivity index (χ4n) is 0.277. The second-order valence-corrected chi connectivity index (χ2v) is 0.959. The predicted molar refractivity (Wildman–Crippen MR) is 23.1 cm³/mol.